The van der Waals surface area contributed by atoms with E-state index in [1.54, 1.807) is 0 Å². The molecule has 0 fully saturated rings. The van der Waals surface area contributed by atoms with Crippen molar-refractivity contribution < 1.29 is 0 Å². The van der Waals surface area contributed by atoms with E-state index in [9.17, 15) is 0 Å². The molecule has 2 heterocycles. The molecule has 2 N–H and O–H groups in total. The molecule has 0 amide bonds. The quantitative estimate of drug-likeness (QED) is 0.709. The van der Waals surface area contributed by atoms with Crippen molar-refractivity contribution in [3.05, 3.63) is 36.3 Å². The maximum atomic E-state index is 3.88. The maximum absolute atomic E-state index is 3.88. The Morgan fingerprint density at radius 3 is 3.12 bits per heavy atom. The van der Waals surface area contributed by atoms with Gasteiger partial charge in [0, 0.05) is 29.8 Å². The number of benzene rings is 1. The second-order valence-corrected chi connectivity index (χ2v) is 3.88. The van der Waals surface area contributed by atoms with Gasteiger partial charge in [0.05, 0.1) is 6.54 Å². The molecule has 0 spiro atoms. The van der Waals surface area contributed by atoms with Crippen LogP contribution < -0.4 is 5.32 Å². The lowest BCUT2D eigenvalue weighted by atomic mass is 10.2. The Morgan fingerprint density at radius 2 is 2.29 bits per heavy atom. The average Bonchev–Trinajstić information content (AvgIpc) is 2.97. The lowest BCUT2D eigenvalue weighted by Crippen LogP contribution is -2.01. The zero-order valence-electron chi connectivity index (χ0n) is 9.38. The van der Waals surface area contributed by atoms with Crippen LogP contribution in [0.15, 0.2) is 30.5 Å². The summed E-state index contributed by atoms with van der Waals surface area (Å²) in [5.41, 5.74) is 2.27. The molecule has 0 aliphatic rings. The first-order chi connectivity index (χ1) is 8.33. The molecule has 3 rings (SSSR count). The van der Waals surface area contributed by atoms with Gasteiger partial charge in [0.2, 0.25) is 0 Å². The van der Waals surface area contributed by atoms with Crippen LogP contribution >= 0.6 is 0 Å². The molecular formula is C11H12N6. The Balaban J connectivity index is 1.81. The molecule has 0 saturated heterocycles. The topological polar surface area (TPSA) is 71.4 Å². The molecule has 1 aromatic carbocycles. The minimum Gasteiger partial charge on any atom is -0.378 e. The van der Waals surface area contributed by atoms with Crippen LogP contribution in [-0.2, 0) is 13.6 Å². The number of hydrogen-bond donors (Lipinski definition) is 2. The third-order valence-corrected chi connectivity index (χ3v) is 2.73. The number of tetrazole rings is 1. The van der Waals surface area contributed by atoms with Gasteiger partial charge in [-0.15, -0.1) is 10.2 Å². The van der Waals surface area contributed by atoms with Crippen LogP contribution in [0.1, 0.15) is 5.82 Å². The van der Waals surface area contributed by atoms with Crippen molar-refractivity contribution in [1.82, 2.24) is 25.2 Å². The molecule has 86 valence electrons. The van der Waals surface area contributed by atoms with Crippen molar-refractivity contribution >= 4 is 16.6 Å². The van der Waals surface area contributed by atoms with Crippen molar-refractivity contribution in [2.45, 2.75) is 6.54 Å². The van der Waals surface area contributed by atoms with Gasteiger partial charge in [-0.3, -0.25) is 0 Å². The number of hydrogen-bond acceptors (Lipinski definition) is 4. The van der Waals surface area contributed by atoms with Crippen LogP contribution in [0.25, 0.3) is 10.9 Å². The number of aromatic amines is 1. The van der Waals surface area contributed by atoms with Gasteiger partial charge in [0.1, 0.15) is 0 Å². The number of nitrogens with one attached hydrogen (secondary N) is 2. The maximum Gasteiger partial charge on any atom is 0.193 e. The van der Waals surface area contributed by atoms with E-state index in [2.05, 4.69) is 48.7 Å². The number of aryl methyl sites for hydroxylation is 1. The molecular weight excluding hydrogens is 216 g/mol. The summed E-state index contributed by atoms with van der Waals surface area (Å²) in [7, 11) is 2.04. The van der Waals surface area contributed by atoms with E-state index in [1.165, 1.54) is 10.9 Å². The minimum atomic E-state index is 0.564. The predicted molar refractivity (Wildman–Crippen MR) is 64.4 cm³/mol. The zero-order valence-corrected chi connectivity index (χ0v) is 9.38. The van der Waals surface area contributed by atoms with Crippen molar-refractivity contribution in [3.8, 4) is 0 Å². The SMILES string of the molecule is Cn1ccc2cc(NCc3nn[nH]n3)ccc21. The summed E-state index contributed by atoms with van der Waals surface area (Å²) in [6.45, 7) is 0.564. The molecule has 2 aromatic heterocycles. The molecule has 6 heteroatoms. The number of nitrogens with zero attached hydrogens (tertiary/aromatic N) is 4. The normalized spacial score (nSPS) is 10.9. The molecule has 0 bridgehead atoms. The zero-order chi connectivity index (χ0) is 11.7. The van der Waals surface area contributed by atoms with Crippen molar-refractivity contribution in [2.75, 3.05) is 5.32 Å². The second-order valence-electron chi connectivity index (χ2n) is 3.88. The Hall–Kier alpha value is -2.37. The largest absolute Gasteiger partial charge is 0.378 e. The van der Waals surface area contributed by atoms with Crippen LogP contribution in [-0.4, -0.2) is 25.2 Å². The lowest BCUT2D eigenvalue weighted by Gasteiger charge is -2.04. The van der Waals surface area contributed by atoms with Crippen molar-refractivity contribution in [2.24, 2.45) is 7.05 Å². The molecule has 0 unspecified atom stereocenters. The number of rotatable bonds is 3. The van der Waals surface area contributed by atoms with Crippen LogP contribution in [0.4, 0.5) is 5.69 Å². The highest BCUT2D eigenvalue weighted by molar-refractivity contribution is 5.83. The van der Waals surface area contributed by atoms with E-state index in [0.717, 1.165) is 5.69 Å². The molecule has 0 saturated carbocycles. The highest BCUT2D eigenvalue weighted by Gasteiger charge is 2.01. The van der Waals surface area contributed by atoms with Crippen LogP contribution in [0.5, 0.6) is 0 Å². The van der Waals surface area contributed by atoms with E-state index in [1.807, 2.05) is 19.3 Å². The summed E-state index contributed by atoms with van der Waals surface area (Å²) in [5.74, 6) is 0.651. The summed E-state index contributed by atoms with van der Waals surface area (Å²) in [4.78, 5) is 0. The fourth-order valence-electron chi connectivity index (χ4n) is 1.83. The molecule has 0 aliphatic carbocycles. The first-order valence-electron chi connectivity index (χ1n) is 5.34. The smallest absolute Gasteiger partial charge is 0.193 e. The Morgan fingerprint density at radius 1 is 1.35 bits per heavy atom. The van der Waals surface area contributed by atoms with Gasteiger partial charge in [-0.2, -0.15) is 5.21 Å². The van der Waals surface area contributed by atoms with Gasteiger partial charge in [-0.1, -0.05) is 5.21 Å². The van der Waals surface area contributed by atoms with Gasteiger partial charge < -0.3 is 9.88 Å². The highest BCUT2D eigenvalue weighted by Crippen LogP contribution is 2.19. The van der Waals surface area contributed by atoms with Gasteiger partial charge in [0.25, 0.3) is 0 Å². The monoisotopic (exact) mass is 228 g/mol. The minimum absolute atomic E-state index is 0.564. The lowest BCUT2D eigenvalue weighted by molar-refractivity contribution is 0.881. The Kier molecular flexibility index (Phi) is 2.25. The summed E-state index contributed by atoms with van der Waals surface area (Å²) in [6, 6.07) is 8.33. The average molecular weight is 228 g/mol. The molecule has 0 aliphatic heterocycles. The number of H-pyrrole nitrogens is 1. The summed E-state index contributed by atoms with van der Waals surface area (Å²) < 4.78 is 2.10. The van der Waals surface area contributed by atoms with E-state index in [0.29, 0.717) is 12.4 Å². The summed E-state index contributed by atoms with van der Waals surface area (Å²) in [5, 5.41) is 18.2. The predicted octanol–water partition coefficient (Wildman–Crippen LogP) is 1.30. The molecule has 0 radical (unpaired) electrons. The number of fused-ring (bicyclic) bond motifs is 1. The van der Waals surface area contributed by atoms with Crippen molar-refractivity contribution in [3.63, 3.8) is 0 Å². The number of anilines is 1. The van der Waals surface area contributed by atoms with Gasteiger partial charge in [-0.25, -0.2) is 0 Å². The fraction of sp³-hybridized carbons (Fsp3) is 0.182. The van der Waals surface area contributed by atoms with E-state index in [4.69, 9.17) is 0 Å². The van der Waals surface area contributed by atoms with Crippen molar-refractivity contribution in [1.29, 1.82) is 0 Å². The Labute approximate surface area is 97.6 Å². The molecule has 17 heavy (non-hydrogen) atoms. The van der Waals surface area contributed by atoms with Gasteiger partial charge in [-0.05, 0) is 24.3 Å². The molecule has 3 aromatic rings. The van der Waals surface area contributed by atoms with Crippen LogP contribution in [0.2, 0.25) is 0 Å². The summed E-state index contributed by atoms with van der Waals surface area (Å²) in [6.07, 6.45) is 2.05. The third kappa shape index (κ3) is 1.84. The highest BCUT2D eigenvalue weighted by atomic mass is 15.5. The van der Waals surface area contributed by atoms with E-state index < -0.39 is 0 Å². The first kappa shape index (κ1) is 9.83. The Bertz CT molecular complexity index is 625. The fourth-order valence-corrected chi connectivity index (χ4v) is 1.83. The molecule has 0 atom stereocenters. The molecule has 6 nitrogen and oxygen atoms in total. The van der Waals surface area contributed by atoms with E-state index in [-0.39, 0.29) is 0 Å². The van der Waals surface area contributed by atoms with Gasteiger partial charge in [0.15, 0.2) is 5.82 Å². The van der Waals surface area contributed by atoms with Crippen LogP contribution in [0.3, 0.4) is 0 Å². The summed E-state index contributed by atoms with van der Waals surface area (Å²) >= 11 is 0. The standard InChI is InChI=1S/C11H12N6/c1-17-5-4-8-6-9(2-3-10(8)17)12-7-11-13-15-16-14-11/h2-6,12H,7H2,1H3,(H,13,14,15,16). The number of aromatic nitrogens is 5. The first-order valence-corrected chi connectivity index (χ1v) is 5.34. The van der Waals surface area contributed by atoms with Crippen LogP contribution in [0, 0.1) is 0 Å². The third-order valence-electron chi connectivity index (χ3n) is 2.73. The second kappa shape index (κ2) is 3.89. The van der Waals surface area contributed by atoms with E-state index >= 15 is 0 Å². The van der Waals surface area contributed by atoms with Gasteiger partial charge >= 0.3 is 0 Å².